The van der Waals surface area contributed by atoms with Crippen molar-refractivity contribution in [2.45, 2.75) is 58.2 Å². The summed E-state index contributed by atoms with van der Waals surface area (Å²) in [6.07, 6.45) is 2.04. The van der Waals surface area contributed by atoms with Gasteiger partial charge in [0.25, 0.3) is 5.91 Å². The van der Waals surface area contributed by atoms with Gasteiger partial charge in [-0.05, 0) is 43.4 Å². The molecule has 0 heterocycles. The van der Waals surface area contributed by atoms with Gasteiger partial charge >= 0.3 is 0 Å². The van der Waals surface area contributed by atoms with Crippen molar-refractivity contribution in [1.82, 2.24) is 5.32 Å². The Bertz CT molecular complexity index is 501. The Hall–Kier alpha value is -1.55. The van der Waals surface area contributed by atoms with Crippen LogP contribution in [0, 0.1) is 5.92 Å². The Balaban J connectivity index is 1.84. The van der Waals surface area contributed by atoms with Crippen molar-refractivity contribution in [2.24, 2.45) is 5.92 Å². The van der Waals surface area contributed by atoms with Crippen LogP contribution in [0.1, 0.15) is 51.5 Å². The number of aliphatic hydroxyl groups excluding tert-OH is 1. The second-order valence-electron chi connectivity index (χ2n) is 6.49. The summed E-state index contributed by atoms with van der Waals surface area (Å²) in [6.45, 7) is 6.53. The van der Waals surface area contributed by atoms with E-state index in [-0.39, 0.29) is 17.9 Å². The van der Waals surface area contributed by atoms with Crippen LogP contribution < -0.4 is 10.1 Å². The summed E-state index contributed by atoms with van der Waals surface area (Å²) >= 11 is 0. The van der Waals surface area contributed by atoms with E-state index in [1.54, 1.807) is 6.92 Å². The van der Waals surface area contributed by atoms with E-state index in [2.05, 4.69) is 25.2 Å². The summed E-state index contributed by atoms with van der Waals surface area (Å²) in [5.41, 5.74) is 1.19. The molecule has 1 aromatic rings. The summed E-state index contributed by atoms with van der Waals surface area (Å²) < 4.78 is 5.73. The first-order chi connectivity index (χ1) is 10.5. The molecule has 0 aliphatic heterocycles. The minimum Gasteiger partial charge on any atom is -0.481 e. The molecule has 22 heavy (non-hydrogen) atoms. The number of carbonyl (C=O) groups excluding carboxylic acids is 1. The minimum atomic E-state index is -0.541. The highest BCUT2D eigenvalue weighted by atomic mass is 16.5. The van der Waals surface area contributed by atoms with E-state index in [1.807, 2.05) is 18.2 Å². The third kappa shape index (κ3) is 4.47. The largest absolute Gasteiger partial charge is 0.481 e. The Morgan fingerprint density at radius 3 is 2.77 bits per heavy atom. The average molecular weight is 305 g/mol. The van der Waals surface area contributed by atoms with E-state index in [9.17, 15) is 9.90 Å². The SMILES string of the molecule is CC(Oc1cccc(C(C)C)c1)C(=O)NCC1CCCC1O. The fourth-order valence-electron chi connectivity index (χ4n) is 2.84. The Morgan fingerprint density at radius 1 is 1.36 bits per heavy atom. The van der Waals surface area contributed by atoms with E-state index in [1.165, 1.54) is 5.56 Å². The smallest absolute Gasteiger partial charge is 0.260 e. The number of amides is 1. The first-order valence-corrected chi connectivity index (χ1v) is 8.19. The Morgan fingerprint density at radius 2 is 2.14 bits per heavy atom. The molecule has 3 unspecified atom stereocenters. The van der Waals surface area contributed by atoms with Crippen LogP contribution >= 0.6 is 0 Å². The van der Waals surface area contributed by atoms with Crippen LogP contribution in [0.4, 0.5) is 0 Å². The highest BCUT2D eigenvalue weighted by molar-refractivity contribution is 5.80. The number of ether oxygens (including phenoxy) is 1. The number of carbonyl (C=O) groups is 1. The first-order valence-electron chi connectivity index (χ1n) is 8.19. The molecular formula is C18H27NO3. The molecule has 0 aromatic heterocycles. The molecule has 1 fully saturated rings. The number of aliphatic hydroxyl groups is 1. The highest BCUT2D eigenvalue weighted by Crippen LogP contribution is 2.25. The molecule has 2 rings (SSSR count). The van der Waals surface area contributed by atoms with Crippen molar-refractivity contribution in [3.05, 3.63) is 29.8 Å². The lowest BCUT2D eigenvalue weighted by Crippen LogP contribution is -2.40. The van der Waals surface area contributed by atoms with Crippen molar-refractivity contribution < 1.29 is 14.6 Å². The molecule has 0 radical (unpaired) electrons. The molecule has 1 aliphatic carbocycles. The Labute approximate surface area is 132 Å². The van der Waals surface area contributed by atoms with Crippen molar-refractivity contribution >= 4 is 5.91 Å². The van der Waals surface area contributed by atoms with Crippen molar-refractivity contribution in [2.75, 3.05) is 6.54 Å². The zero-order chi connectivity index (χ0) is 16.1. The lowest BCUT2D eigenvalue weighted by atomic mass is 10.0. The lowest BCUT2D eigenvalue weighted by Gasteiger charge is -2.19. The van der Waals surface area contributed by atoms with Crippen molar-refractivity contribution in [1.29, 1.82) is 0 Å². The van der Waals surface area contributed by atoms with Gasteiger partial charge < -0.3 is 15.2 Å². The van der Waals surface area contributed by atoms with Crippen molar-refractivity contribution in [3.8, 4) is 5.75 Å². The van der Waals surface area contributed by atoms with Gasteiger partial charge in [-0.3, -0.25) is 4.79 Å². The second kappa shape index (κ2) is 7.63. The fraction of sp³-hybridized carbons (Fsp3) is 0.611. The predicted molar refractivity (Wildman–Crippen MR) is 87.0 cm³/mol. The minimum absolute atomic E-state index is 0.131. The van der Waals surface area contributed by atoms with E-state index in [4.69, 9.17) is 4.74 Å². The van der Waals surface area contributed by atoms with Gasteiger partial charge in [-0.15, -0.1) is 0 Å². The second-order valence-corrected chi connectivity index (χ2v) is 6.49. The van der Waals surface area contributed by atoms with E-state index < -0.39 is 6.10 Å². The summed E-state index contributed by atoms with van der Waals surface area (Å²) in [5, 5.41) is 12.7. The molecule has 0 saturated heterocycles. The molecule has 4 heteroatoms. The van der Waals surface area contributed by atoms with Crippen molar-refractivity contribution in [3.63, 3.8) is 0 Å². The van der Waals surface area contributed by atoms with Crippen LogP contribution in [-0.2, 0) is 4.79 Å². The predicted octanol–water partition coefficient (Wildman–Crippen LogP) is 2.85. The number of hydrogen-bond acceptors (Lipinski definition) is 3. The zero-order valence-corrected chi connectivity index (χ0v) is 13.7. The molecule has 4 nitrogen and oxygen atoms in total. The van der Waals surface area contributed by atoms with Crippen LogP contribution in [0.2, 0.25) is 0 Å². The van der Waals surface area contributed by atoms with E-state index in [0.29, 0.717) is 12.5 Å². The van der Waals surface area contributed by atoms with Gasteiger partial charge in [0.15, 0.2) is 6.10 Å². The Kier molecular flexibility index (Phi) is 5.83. The maximum absolute atomic E-state index is 12.1. The summed E-state index contributed by atoms with van der Waals surface area (Å²) in [5.74, 6) is 1.20. The number of benzene rings is 1. The monoisotopic (exact) mass is 305 g/mol. The summed E-state index contributed by atoms with van der Waals surface area (Å²) in [6, 6.07) is 7.86. The topological polar surface area (TPSA) is 58.6 Å². The first kappa shape index (κ1) is 16.8. The molecule has 1 amide bonds. The highest BCUT2D eigenvalue weighted by Gasteiger charge is 2.26. The van der Waals surface area contributed by atoms with Crippen LogP contribution in [0.3, 0.4) is 0 Å². The van der Waals surface area contributed by atoms with Gasteiger partial charge in [0.2, 0.25) is 0 Å². The quantitative estimate of drug-likeness (QED) is 0.849. The van der Waals surface area contributed by atoms with Gasteiger partial charge in [-0.1, -0.05) is 32.4 Å². The lowest BCUT2D eigenvalue weighted by molar-refractivity contribution is -0.127. The van der Waals surface area contributed by atoms with Gasteiger partial charge in [0, 0.05) is 12.5 Å². The summed E-state index contributed by atoms with van der Waals surface area (Å²) in [7, 11) is 0. The molecule has 122 valence electrons. The molecule has 0 spiro atoms. The average Bonchev–Trinajstić information content (AvgIpc) is 2.90. The van der Waals surface area contributed by atoms with Crippen LogP contribution in [0.15, 0.2) is 24.3 Å². The van der Waals surface area contributed by atoms with E-state index >= 15 is 0 Å². The number of hydrogen-bond donors (Lipinski definition) is 2. The summed E-state index contributed by atoms with van der Waals surface area (Å²) in [4.78, 5) is 12.1. The van der Waals surface area contributed by atoms with Crippen LogP contribution in [0.25, 0.3) is 0 Å². The zero-order valence-electron chi connectivity index (χ0n) is 13.7. The fourth-order valence-corrected chi connectivity index (χ4v) is 2.84. The standard InChI is InChI=1S/C18H27NO3/c1-12(2)14-6-4-8-16(10-14)22-13(3)18(21)19-11-15-7-5-9-17(15)20/h4,6,8,10,12-13,15,17,20H,5,7,9,11H2,1-3H3,(H,19,21). The van der Waals surface area contributed by atoms with Gasteiger partial charge in [-0.2, -0.15) is 0 Å². The third-order valence-corrected chi connectivity index (χ3v) is 4.36. The van der Waals surface area contributed by atoms with Crippen LogP contribution in [-0.4, -0.2) is 29.8 Å². The van der Waals surface area contributed by atoms with E-state index in [0.717, 1.165) is 25.0 Å². The van der Waals surface area contributed by atoms with Gasteiger partial charge in [0.1, 0.15) is 5.75 Å². The van der Waals surface area contributed by atoms with Gasteiger partial charge in [0.05, 0.1) is 6.10 Å². The molecule has 1 saturated carbocycles. The molecule has 0 bridgehead atoms. The third-order valence-electron chi connectivity index (χ3n) is 4.36. The number of nitrogens with one attached hydrogen (secondary N) is 1. The molecular weight excluding hydrogens is 278 g/mol. The van der Waals surface area contributed by atoms with Crippen LogP contribution in [0.5, 0.6) is 5.75 Å². The van der Waals surface area contributed by atoms with Gasteiger partial charge in [-0.25, -0.2) is 0 Å². The molecule has 1 aliphatic rings. The molecule has 3 atom stereocenters. The molecule has 2 N–H and O–H groups in total. The number of rotatable bonds is 6. The normalized spacial score (nSPS) is 22.6. The molecule has 1 aromatic carbocycles. The maximum Gasteiger partial charge on any atom is 0.260 e. The maximum atomic E-state index is 12.1.